The molecule has 1 saturated heterocycles. The number of imide groups is 1. The molecule has 8 heteroatoms. The summed E-state index contributed by atoms with van der Waals surface area (Å²) >= 11 is 0. The normalized spacial score (nSPS) is 21.9. The maximum atomic E-state index is 13.3. The van der Waals surface area contributed by atoms with Crippen molar-refractivity contribution in [3.05, 3.63) is 95.6 Å². The molecule has 0 radical (unpaired) electrons. The topological polar surface area (TPSA) is 66.5 Å². The van der Waals surface area contributed by atoms with Gasteiger partial charge in [0, 0.05) is 5.56 Å². The maximum absolute atomic E-state index is 13.3. The van der Waals surface area contributed by atoms with E-state index in [1.54, 1.807) is 6.07 Å². The lowest BCUT2D eigenvalue weighted by Crippen LogP contribution is -2.31. The van der Waals surface area contributed by atoms with Crippen LogP contribution in [0.4, 0.5) is 24.5 Å². The number of hydrogen-bond acceptors (Lipinski definition) is 3. The van der Waals surface area contributed by atoms with Crippen molar-refractivity contribution in [1.82, 2.24) is 0 Å². The molecule has 5 nitrogen and oxygen atoms in total. The van der Waals surface area contributed by atoms with Crippen LogP contribution in [0, 0.1) is 11.8 Å². The van der Waals surface area contributed by atoms with E-state index < -0.39 is 29.5 Å². The molecule has 1 heterocycles. The monoisotopic (exact) mass is 492 g/mol. The second-order valence-corrected chi connectivity index (χ2v) is 9.19. The second kappa shape index (κ2) is 9.26. The molecular formula is C28H23F3N2O3. The highest BCUT2D eigenvalue weighted by atomic mass is 19.4. The van der Waals surface area contributed by atoms with Crippen molar-refractivity contribution in [3.63, 3.8) is 0 Å². The molecule has 2 aliphatic rings. The van der Waals surface area contributed by atoms with Gasteiger partial charge in [-0.05, 0) is 61.1 Å². The predicted molar refractivity (Wildman–Crippen MR) is 128 cm³/mol. The minimum absolute atomic E-state index is 0.0436. The number of para-hydroxylation sites is 1. The van der Waals surface area contributed by atoms with Crippen LogP contribution in [-0.4, -0.2) is 17.7 Å². The van der Waals surface area contributed by atoms with Crippen LogP contribution in [0.25, 0.3) is 0 Å². The highest BCUT2D eigenvalue weighted by Gasteiger charge is 2.50. The Morgan fingerprint density at radius 1 is 0.833 bits per heavy atom. The van der Waals surface area contributed by atoms with Gasteiger partial charge in [-0.3, -0.25) is 19.3 Å². The summed E-state index contributed by atoms with van der Waals surface area (Å²) in [5, 5.41) is 2.30. The number of fused-ring (bicyclic) bond motifs is 1. The average molecular weight is 492 g/mol. The fourth-order valence-electron chi connectivity index (χ4n) is 5.28. The van der Waals surface area contributed by atoms with Crippen LogP contribution in [-0.2, 0) is 15.8 Å². The summed E-state index contributed by atoms with van der Waals surface area (Å²) in [7, 11) is 0. The third-order valence-electron chi connectivity index (χ3n) is 7.04. The number of carbonyl (C=O) groups is 3. The molecule has 0 bridgehead atoms. The van der Waals surface area contributed by atoms with E-state index in [1.807, 2.05) is 30.3 Å². The maximum Gasteiger partial charge on any atom is 0.418 e. The Kier molecular flexibility index (Phi) is 6.12. The van der Waals surface area contributed by atoms with Crippen molar-refractivity contribution >= 4 is 29.1 Å². The first-order valence-electron chi connectivity index (χ1n) is 11.7. The van der Waals surface area contributed by atoms with Crippen LogP contribution in [0.5, 0.6) is 0 Å². The van der Waals surface area contributed by atoms with Crippen LogP contribution in [0.15, 0.2) is 78.9 Å². The first-order valence-corrected chi connectivity index (χ1v) is 11.7. The van der Waals surface area contributed by atoms with Gasteiger partial charge in [-0.15, -0.1) is 0 Å². The minimum atomic E-state index is -4.63. The Hall–Kier alpha value is -3.94. The number of amides is 3. The molecule has 184 valence electrons. The minimum Gasteiger partial charge on any atom is -0.321 e. The number of nitrogens with zero attached hydrogens (tertiary/aromatic N) is 1. The quantitative estimate of drug-likeness (QED) is 0.452. The molecule has 2 fully saturated rings. The number of halogens is 3. The summed E-state index contributed by atoms with van der Waals surface area (Å²) in [5.74, 6) is -2.02. The van der Waals surface area contributed by atoms with E-state index in [9.17, 15) is 27.6 Å². The molecule has 0 spiro atoms. The second-order valence-electron chi connectivity index (χ2n) is 9.19. The van der Waals surface area contributed by atoms with Gasteiger partial charge >= 0.3 is 6.18 Å². The fourth-order valence-corrected chi connectivity index (χ4v) is 5.28. The van der Waals surface area contributed by atoms with Gasteiger partial charge in [0.2, 0.25) is 11.8 Å². The van der Waals surface area contributed by atoms with Gasteiger partial charge in [-0.2, -0.15) is 13.2 Å². The van der Waals surface area contributed by atoms with Gasteiger partial charge in [0.1, 0.15) is 0 Å². The summed E-state index contributed by atoms with van der Waals surface area (Å²) in [5.41, 5.74) is 0.102. The highest BCUT2D eigenvalue weighted by molar-refractivity contribution is 6.22. The Labute approximate surface area is 205 Å². The molecule has 0 aromatic heterocycles. The SMILES string of the molecule is O=C(Nc1ccccc1C(F)(F)F)c1cccc(N2C(=O)[C@H]3CC[C@H](c4ccccc4)C[C@H]3C2=O)c1. The number of nitrogens with one attached hydrogen (secondary N) is 1. The van der Waals surface area contributed by atoms with E-state index in [2.05, 4.69) is 5.32 Å². The third kappa shape index (κ3) is 4.39. The van der Waals surface area contributed by atoms with E-state index in [4.69, 9.17) is 0 Å². The van der Waals surface area contributed by atoms with E-state index in [-0.39, 0.29) is 34.7 Å². The van der Waals surface area contributed by atoms with Crippen LogP contribution < -0.4 is 10.2 Å². The van der Waals surface area contributed by atoms with E-state index in [0.29, 0.717) is 12.8 Å². The molecule has 36 heavy (non-hydrogen) atoms. The summed E-state index contributed by atoms with van der Waals surface area (Å²) in [4.78, 5) is 40.5. The van der Waals surface area contributed by atoms with Gasteiger partial charge in [-0.1, -0.05) is 48.5 Å². The fraction of sp³-hybridized carbons (Fsp3) is 0.250. The zero-order valence-electron chi connectivity index (χ0n) is 19.2. The van der Waals surface area contributed by atoms with Gasteiger partial charge in [0.25, 0.3) is 5.91 Å². The molecule has 5 rings (SSSR count). The number of carbonyl (C=O) groups excluding carboxylic acids is 3. The highest BCUT2D eigenvalue weighted by Crippen LogP contribution is 2.45. The van der Waals surface area contributed by atoms with Crippen LogP contribution in [0.3, 0.4) is 0 Å². The molecule has 1 saturated carbocycles. The molecule has 1 aliphatic heterocycles. The summed E-state index contributed by atoms with van der Waals surface area (Å²) in [6.45, 7) is 0. The van der Waals surface area contributed by atoms with Crippen LogP contribution in [0.1, 0.15) is 46.7 Å². The predicted octanol–water partition coefficient (Wildman–Crippen LogP) is 6.03. The lowest BCUT2D eigenvalue weighted by molar-refractivity contribution is -0.137. The molecule has 3 aromatic rings. The van der Waals surface area contributed by atoms with Crippen LogP contribution in [0.2, 0.25) is 0 Å². The van der Waals surface area contributed by atoms with E-state index in [0.717, 1.165) is 23.0 Å². The molecule has 1 aliphatic carbocycles. The number of rotatable bonds is 4. The Morgan fingerprint density at radius 3 is 2.28 bits per heavy atom. The number of hydrogen-bond donors (Lipinski definition) is 1. The first-order chi connectivity index (χ1) is 17.2. The molecule has 3 aromatic carbocycles. The summed E-state index contributed by atoms with van der Waals surface area (Å²) in [6, 6.07) is 20.5. The van der Waals surface area contributed by atoms with Crippen molar-refractivity contribution in [1.29, 1.82) is 0 Å². The molecule has 3 atom stereocenters. The van der Waals surface area contributed by atoms with Crippen molar-refractivity contribution in [2.24, 2.45) is 11.8 Å². The molecule has 3 amide bonds. The van der Waals surface area contributed by atoms with Gasteiger partial charge < -0.3 is 5.32 Å². The third-order valence-corrected chi connectivity index (χ3v) is 7.04. The lowest BCUT2D eigenvalue weighted by Gasteiger charge is -2.28. The number of benzene rings is 3. The summed E-state index contributed by atoms with van der Waals surface area (Å²) < 4.78 is 39.9. The Bertz CT molecular complexity index is 1320. The van der Waals surface area contributed by atoms with E-state index in [1.165, 1.54) is 36.4 Å². The lowest BCUT2D eigenvalue weighted by atomic mass is 9.73. The molecule has 0 unspecified atom stereocenters. The smallest absolute Gasteiger partial charge is 0.321 e. The van der Waals surface area contributed by atoms with Gasteiger partial charge in [-0.25, -0.2) is 0 Å². The average Bonchev–Trinajstić information content (AvgIpc) is 3.13. The standard InChI is InChI=1S/C28H23F3N2O3/c29-28(30,31)23-11-4-5-12-24(23)32-25(34)19-9-6-10-20(15-19)33-26(35)21-14-13-18(16-22(21)27(33)36)17-7-2-1-3-8-17/h1-12,15,18,21-22H,13-14,16H2,(H,32,34)/t18-,21-,22+/m0/s1. The largest absolute Gasteiger partial charge is 0.418 e. The molecular weight excluding hydrogens is 469 g/mol. The zero-order chi connectivity index (χ0) is 25.4. The summed E-state index contributed by atoms with van der Waals surface area (Å²) in [6.07, 6.45) is -2.66. The van der Waals surface area contributed by atoms with Crippen molar-refractivity contribution < 1.29 is 27.6 Å². The van der Waals surface area contributed by atoms with Crippen molar-refractivity contribution in [2.75, 3.05) is 10.2 Å². The van der Waals surface area contributed by atoms with Crippen molar-refractivity contribution in [3.8, 4) is 0 Å². The Balaban J connectivity index is 1.37. The van der Waals surface area contributed by atoms with Gasteiger partial charge in [0.15, 0.2) is 0 Å². The van der Waals surface area contributed by atoms with Crippen LogP contribution >= 0.6 is 0 Å². The Morgan fingerprint density at radius 2 is 1.53 bits per heavy atom. The zero-order valence-corrected chi connectivity index (χ0v) is 19.2. The first kappa shape index (κ1) is 23.8. The number of anilines is 2. The van der Waals surface area contributed by atoms with Crippen molar-refractivity contribution in [2.45, 2.75) is 31.4 Å². The van der Waals surface area contributed by atoms with Gasteiger partial charge in [0.05, 0.1) is 28.8 Å². The number of alkyl halides is 3. The van der Waals surface area contributed by atoms with E-state index >= 15 is 0 Å². The molecule has 1 N–H and O–H groups in total.